The predicted octanol–water partition coefficient (Wildman–Crippen LogP) is 4.04. The van der Waals surface area contributed by atoms with E-state index in [1.54, 1.807) is 0 Å². The maximum absolute atomic E-state index is 3.27. The molecule has 0 aromatic heterocycles. The lowest BCUT2D eigenvalue weighted by Gasteiger charge is -2.20. The van der Waals surface area contributed by atoms with Gasteiger partial charge in [0.15, 0.2) is 0 Å². The van der Waals surface area contributed by atoms with E-state index < -0.39 is 0 Å². The van der Waals surface area contributed by atoms with Crippen molar-refractivity contribution in [2.24, 2.45) is 5.92 Å². The second kappa shape index (κ2) is 6.80. The van der Waals surface area contributed by atoms with Crippen LogP contribution in [0, 0.1) is 19.8 Å². The maximum Gasteiger partial charge on any atom is -0.00461 e. The molecule has 1 aromatic rings. The van der Waals surface area contributed by atoms with Gasteiger partial charge in [-0.25, -0.2) is 0 Å². The second-order valence-corrected chi connectivity index (χ2v) is 5.56. The Bertz CT molecular complexity index is 341. The Morgan fingerprint density at radius 2 is 1.82 bits per heavy atom. The summed E-state index contributed by atoms with van der Waals surface area (Å²) in [6.07, 6.45) is 2.52. The van der Waals surface area contributed by atoms with E-state index in [0.717, 1.165) is 12.5 Å². The van der Waals surface area contributed by atoms with E-state index in [-0.39, 0.29) is 0 Å². The lowest BCUT2D eigenvalue weighted by molar-refractivity contribution is 0.470. The number of hydrogen-bond donors (Lipinski definition) is 1. The first-order valence-electron chi connectivity index (χ1n) is 6.76. The van der Waals surface area contributed by atoms with Gasteiger partial charge in [-0.15, -0.1) is 0 Å². The van der Waals surface area contributed by atoms with Crippen LogP contribution in [0.3, 0.4) is 0 Å². The summed E-state index contributed by atoms with van der Waals surface area (Å²) in [6.45, 7) is 10.1. The van der Waals surface area contributed by atoms with Gasteiger partial charge in [0, 0.05) is 0 Å². The van der Waals surface area contributed by atoms with E-state index in [9.17, 15) is 0 Å². The van der Waals surface area contributed by atoms with E-state index in [2.05, 4.69) is 51.2 Å². The van der Waals surface area contributed by atoms with Crippen molar-refractivity contribution in [3.05, 3.63) is 34.9 Å². The normalized spacial score (nSPS) is 13.1. The number of rotatable bonds is 6. The van der Waals surface area contributed by atoms with Gasteiger partial charge in [-0.1, -0.05) is 32.0 Å². The first kappa shape index (κ1) is 14.2. The molecule has 0 amide bonds. The van der Waals surface area contributed by atoms with Gasteiger partial charge in [0.1, 0.15) is 0 Å². The van der Waals surface area contributed by atoms with Crippen molar-refractivity contribution < 1.29 is 0 Å². The van der Waals surface area contributed by atoms with Gasteiger partial charge in [-0.3, -0.25) is 0 Å². The molecular formula is C16H27N. The molecule has 0 bridgehead atoms. The van der Waals surface area contributed by atoms with E-state index in [1.165, 1.54) is 29.5 Å². The minimum atomic E-state index is 0.696. The average molecular weight is 233 g/mol. The van der Waals surface area contributed by atoms with Crippen molar-refractivity contribution in [2.45, 2.75) is 46.5 Å². The molecule has 0 aliphatic carbocycles. The molecule has 0 heterocycles. The van der Waals surface area contributed by atoms with Crippen LogP contribution in [0.4, 0.5) is 0 Å². The Kier molecular flexibility index (Phi) is 5.70. The highest BCUT2D eigenvalue weighted by Crippen LogP contribution is 2.28. The quantitative estimate of drug-likeness (QED) is 0.782. The minimum Gasteiger partial charge on any atom is -0.320 e. The van der Waals surface area contributed by atoms with Crippen molar-refractivity contribution in [2.75, 3.05) is 13.6 Å². The summed E-state index contributed by atoms with van der Waals surface area (Å²) < 4.78 is 0. The van der Waals surface area contributed by atoms with Gasteiger partial charge in [0.25, 0.3) is 0 Å². The second-order valence-electron chi connectivity index (χ2n) is 5.56. The Labute approximate surface area is 107 Å². The van der Waals surface area contributed by atoms with Crippen LogP contribution in [-0.2, 0) is 0 Å². The van der Waals surface area contributed by atoms with Crippen LogP contribution in [0.1, 0.15) is 49.3 Å². The van der Waals surface area contributed by atoms with Crippen LogP contribution in [0.5, 0.6) is 0 Å². The smallest absolute Gasteiger partial charge is 0.00461 e. The minimum absolute atomic E-state index is 0.696. The zero-order valence-corrected chi connectivity index (χ0v) is 12.0. The van der Waals surface area contributed by atoms with Crippen LogP contribution in [0.15, 0.2) is 18.2 Å². The molecule has 1 atom stereocenters. The maximum atomic E-state index is 3.27. The average Bonchev–Trinajstić information content (AvgIpc) is 2.27. The molecule has 0 saturated carbocycles. The van der Waals surface area contributed by atoms with Gasteiger partial charge in [-0.05, 0) is 68.8 Å². The van der Waals surface area contributed by atoms with E-state index in [1.807, 2.05) is 7.05 Å². The number of hydrogen-bond acceptors (Lipinski definition) is 1. The topological polar surface area (TPSA) is 12.0 Å². The predicted molar refractivity (Wildman–Crippen MR) is 76.7 cm³/mol. The Hall–Kier alpha value is -0.820. The highest BCUT2D eigenvalue weighted by Gasteiger charge is 2.13. The highest BCUT2D eigenvalue weighted by molar-refractivity contribution is 5.32. The van der Waals surface area contributed by atoms with Crippen LogP contribution in [0.2, 0.25) is 0 Å². The van der Waals surface area contributed by atoms with E-state index >= 15 is 0 Å². The zero-order chi connectivity index (χ0) is 12.8. The molecule has 1 unspecified atom stereocenters. The van der Waals surface area contributed by atoms with Crippen molar-refractivity contribution in [1.82, 2.24) is 5.32 Å². The summed E-state index contributed by atoms with van der Waals surface area (Å²) in [7, 11) is 2.03. The van der Waals surface area contributed by atoms with Gasteiger partial charge in [0.2, 0.25) is 0 Å². The van der Waals surface area contributed by atoms with Crippen LogP contribution >= 0.6 is 0 Å². The summed E-state index contributed by atoms with van der Waals surface area (Å²) in [4.78, 5) is 0. The molecule has 0 aliphatic heterocycles. The van der Waals surface area contributed by atoms with Crippen LogP contribution in [-0.4, -0.2) is 13.6 Å². The number of nitrogens with one attached hydrogen (secondary N) is 1. The molecule has 0 aliphatic rings. The molecule has 1 N–H and O–H groups in total. The zero-order valence-electron chi connectivity index (χ0n) is 12.0. The van der Waals surface area contributed by atoms with Crippen molar-refractivity contribution in [3.8, 4) is 0 Å². The standard InChI is InChI=1S/C16H27N/c1-12(2)10-16(8-9-17-5)15-7-6-13(3)14(4)11-15/h6-7,11-12,16-17H,8-10H2,1-5H3. The largest absolute Gasteiger partial charge is 0.320 e. The third-order valence-corrected chi connectivity index (χ3v) is 3.50. The molecule has 17 heavy (non-hydrogen) atoms. The number of benzene rings is 1. The van der Waals surface area contributed by atoms with Gasteiger partial charge in [0.05, 0.1) is 0 Å². The van der Waals surface area contributed by atoms with Gasteiger partial charge >= 0.3 is 0 Å². The van der Waals surface area contributed by atoms with Crippen LogP contribution in [0.25, 0.3) is 0 Å². The molecule has 0 fully saturated rings. The van der Waals surface area contributed by atoms with E-state index in [4.69, 9.17) is 0 Å². The molecule has 0 saturated heterocycles. The molecule has 1 nitrogen and oxygen atoms in total. The molecule has 96 valence electrons. The molecule has 1 rings (SSSR count). The summed E-state index contributed by atoms with van der Waals surface area (Å²) >= 11 is 0. The number of aryl methyl sites for hydroxylation is 2. The van der Waals surface area contributed by atoms with Crippen molar-refractivity contribution >= 4 is 0 Å². The third kappa shape index (κ3) is 4.51. The Morgan fingerprint density at radius 3 is 2.35 bits per heavy atom. The first-order valence-corrected chi connectivity index (χ1v) is 6.76. The SMILES string of the molecule is CNCCC(CC(C)C)c1ccc(C)c(C)c1. The van der Waals surface area contributed by atoms with Crippen LogP contribution < -0.4 is 5.32 Å². The highest BCUT2D eigenvalue weighted by atomic mass is 14.8. The summed E-state index contributed by atoms with van der Waals surface area (Å²) in [6, 6.07) is 6.94. The monoisotopic (exact) mass is 233 g/mol. The molecular weight excluding hydrogens is 206 g/mol. The summed E-state index contributed by atoms with van der Waals surface area (Å²) in [5, 5.41) is 3.27. The molecule has 1 heteroatoms. The Morgan fingerprint density at radius 1 is 1.12 bits per heavy atom. The van der Waals surface area contributed by atoms with E-state index in [0.29, 0.717) is 5.92 Å². The lowest BCUT2D eigenvalue weighted by Crippen LogP contribution is -2.14. The summed E-state index contributed by atoms with van der Waals surface area (Å²) in [5.41, 5.74) is 4.32. The fourth-order valence-corrected chi connectivity index (χ4v) is 2.33. The molecule has 1 aromatic carbocycles. The lowest BCUT2D eigenvalue weighted by atomic mass is 9.86. The fourth-order valence-electron chi connectivity index (χ4n) is 2.33. The molecule has 0 radical (unpaired) electrons. The van der Waals surface area contributed by atoms with Crippen molar-refractivity contribution in [3.63, 3.8) is 0 Å². The Balaban J connectivity index is 2.83. The van der Waals surface area contributed by atoms with Gasteiger partial charge < -0.3 is 5.32 Å². The summed E-state index contributed by atoms with van der Waals surface area (Å²) in [5.74, 6) is 1.46. The first-order chi connectivity index (χ1) is 8.04. The molecule has 0 spiro atoms. The fraction of sp³-hybridized carbons (Fsp3) is 0.625. The third-order valence-electron chi connectivity index (χ3n) is 3.50. The van der Waals surface area contributed by atoms with Crippen molar-refractivity contribution in [1.29, 1.82) is 0 Å². The van der Waals surface area contributed by atoms with Gasteiger partial charge in [-0.2, -0.15) is 0 Å².